The van der Waals surface area contributed by atoms with Crippen LogP contribution in [0.25, 0.3) is 0 Å². The second kappa shape index (κ2) is 7.48. The Morgan fingerprint density at radius 2 is 1.79 bits per heavy atom. The van der Waals surface area contributed by atoms with Crippen LogP contribution in [0.4, 0.5) is 0 Å². The van der Waals surface area contributed by atoms with Gasteiger partial charge in [-0.25, -0.2) is 9.67 Å². The third-order valence-corrected chi connectivity index (χ3v) is 6.24. The summed E-state index contributed by atoms with van der Waals surface area (Å²) in [6.07, 6.45) is 8.89. The van der Waals surface area contributed by atoms with E-state index in [-0.39, 0.29) is 12.1 Å². The molecule has 1 saturated heterocycles. The minimum atomic E-state index is -0.337. The SMILES string of the molecule is O[C@@H]1C[C@H]2CN(Cc3cnn(Cc4ccccc4)c3)C[C@H]2C[C@H]1n1cncn1. The van der Waals surface area contributed by atoms with Crippen LogP contribution in [0.3, 0.4) is 0 Å². The summed E-state index contributed by atoms with van der Waals surface area (Å²) in [6.45, 7) is 3.85. The summed E-state index contributed by atoms with van der Waals surface area (Å²) in [5, 5.41) is 19.4. The van der Waals surface area contributed by atoms with Crippen molar-refractivity contribution < 1.29 is 5.11 Å². The predicted molar refractivity (Wildman–Crippen MR) is 104 cm³/mol. The van der Waals surface area contributed by atoms with E-state index in [2.05, 4.69) is 50.5 Å². The lowest BCUT2D eigenvalue weighted by molar-refractivity contribution is 0.0304. The highest BCUT2D eigenvalue weighted by Gasteiger charge is 2.42. The molecule has 1 aliphatic carbocycles. The first-order valence-electron chi connectivity index (χ1n) is 10.0. The molecule has 1 aliphatic heterocycles. The lowest BCUT2D eigenvalue weighted by Gasteiger charge is -2.35. The second-order valence-electron chi connectivity index (χ2n) is 8.23. The van der Waals surface area contributed by atoms with Crippen molar-refractivity contribution in [3.63, 3.8) is 0 Å². The Morgan fingerprint density at radius 3 is 2.57 bits per heavy atom. The van der Waals surface area contributed by atoms with Gasteiger partial charge in [-0.3, -0.25) is 9.58 Å². The summed E-state index contributed by atoms with van der Waals surface area (Å²) in [5.74, 6) is 1.17. The van der Waals surface area contributed by atoms with Crippen molar-refractivity contribution in [2.24, 2.45) is 11.8 Å². The molecule has 2 aromatic heterocycles. The minimum absolute atomic E-state index is 0.0531. The molecule has 5 rings (SSSR count). The molecule has 4 atom stereocenters. The van der Waals surface area contributed by atoms with Crippen molar-refractivity contribution >= 4 is 0 Å². The summed E-state index contributed by atoms with van der Waals surface area (Å²) < 4.78 is 3.84. The molecule has 1 aromatic carbocycles. The van der Waals surface area contributed by atoms with Gasteiger partial charge in [0, 0.05) is 31.4 Å². The fraction of sp³-hybridized carbons (Fsp3) is 0.476. The highest BCUT2D eigenvalue weighted by atomic mass is 16.3. The van der Waals surface area contributed by atoms with Crippen LogP contribution in [-0.2, 0) is 13.1 Å². The fourth-order valence-corrected chi connectivity index (χ4v) is 4.91. The van der Waals surface area contributed by atoms with Gasteiger partial charge in [0.25, 0.3) is 0 Å². The van der Waals surface area contributed by atoms with E-state index >= 15 is 0 Å². The van der Waals surface area contributed by atoms with Gasteiger partial charge in [0.2, 0.25) is 0 Å². The average Bonchev–Trinajstić information content (AvgIpc) is 3.43. The van der Waals surface area contributed by atoms with Crippen LogP contribution in [-0.4, -0.2) is 53.7 Å². The molecule has 0 bridgehead atoms. The Hall–Kier alpha value is -2.51. The van der Waals surface area contributed by atoms with Gasteiger partial charge in [-0.05, 0) is 30.2 Å². The van der Waals surface area contributed by atoms with E-state index in [0.29, 0.717) is 11.8 Å². The predicted octanol–water partition coefficient (Wildman–Crippen LogP) is 1.97. The van der Waals surface area contributed by atoms with Gasteiger partial charge in [-0.15, -0.1) is 0 Å². The molecule has 0 spiro atoms. The van der Waals surface area contributed by atoms with Crippen LogP contribution >= 0.6 is 0 Å². The van der Waals surface area contributed by atoms with E-state index in [9.17, 15) is 5.11 Å². The zero-order valence-electron chi connectivity index (χ0n) is 15.9. The first-order chi connectivity index (χ1) is 13.7. The van der Waals surface area contributed by atoms with E-state index in [1.165, 1.54) is 11.1 Å². The van der Waals surface area contributed by atoms with Gasteiger partial charge in [0.05, 0.1) is 24.9 Å². The van der Waals surface area contributed by atoms with E-state index < -0.39 is 0 Å². The molecule has 1 saturated carbocycles. The summed E-state index contributed by atoms with van der Waals surface area (Å²) in [5.41, 5.74) is 2.51. The highest BCUT2D eigenvalue weighted by molar-refractivity contribution is 5.15. The molecule has 7 heteroatoms. The molecule has 3 heterocycles. The highest BCUT2D eigenvalue weighted by Crippen LogP contribution is 2.41. The van der Waals surface area contributed by atoms with E-state index in [1.54, 1.807) is 12.7 Å². The zero-order valence-corrected chi connectivity index (χ0v) is 15.9. The van der Waals surface area contributed by atoms with Gasteiger partial charge < -0.3 is 5.11 Å². The first kappa shape index (κ1) is 17.6. The number of aromatic nitrogens is 5. The van der Waals surface area contributed by atoms with Crippen LogP contribution in [0, 0.1) is 11.8 Å². The number of benzene rings is 1. The molecule has 1 N–H and O–H groups in total. The summed E-state index contributed by atoms with van der Waals surface area (Å²) in [6, 6.07) is 10.5. The maximum absolute atomic E-state index is 10.6. The Labute approximate surface area is 164 Å². The Kier molecular flexibility index (Phi) is 4.70. The second-order valence-corrected chi connectivity index (χ2v) is 8.23. The van der Waals surface area contributed by atoms with Gasteiger partial charge >= 0.3 is 0 Å². The molecule has 0 radical (unpaired) electrons. The first-order valence-corrected chi connectivity index (χ1v) is 10.0. The Bertz CT molecular complexity index is 893. The standard InChI is InChI=1S/C21H26N6O/c28-21-7-19-13-25(12-18(19)6-20(21)27-15-22-14-24-27)9-17-8-23-26(11-17)10-16-4-2-1-3-5-16/h1-5,8,11,14-15,18-21,28H,6-7,9-10,12-13H2/t18-,19+,20-,21-/m1/s1. The molecular formula is C21H26N6O. The number of aliphatic hydroxyl groups is 1. The van der Waals surface area contributed by atoms with Gasteiger partial charge in [-0.2, -0.15) is 10.2 Å². The van der Waals surface area contributed by atoms with Crippen LogP contribution in [0.2, 0.25) is 0 Å². The van der Waals surface area contributed by atoms with Gasteiger partial charge in [0.1, 0.15) is 12.7 Å². The van der Waals surface area contributed by atoms with Crippen LogP contribution in [0.5, 0.6) is 0 Å². The van der Waals surface area contributed by atoms with Crippen molar-refractivity contribution in [2.45, 2.75) is 38.1 Å². The molecule has 0 amide bonds. The smallest absolute Gasteiger partial charge is 0.137 e. The number of hydrogen-bond acceptors (Lipinski definition) is 5. The fourth-order valence-electron chi connectivity index (χ4n) is 4.91. The third-order valence-electron chi connectivity index (χ3n) is 6.24. The zero-order chi connectivity index (χ0) is 18.9. The van der Waals surface area contributed by atoms with Gasteiger partial charge in [0.15, 0.2) is 0 Å². The summed E-state index contributed by atoms with van der Waals surface area (Å²) in [7, 11) is 0. The number of aliphatic hydroxyl groups excluding tert-OH is 1. The van der Waals surface area contributed by atoms with Crippen molar-refractivity contribution in [3.05, 3.63) is 66.5 Å². The van der Waals surface area contributed by atoms with Crippen LogP contribution in [0.1, 0.15) is 30.0 Å². The van der Waals surface area contributed by atoms with Crippen molar-refractivity contribution in [2.75, 3.05) is 13.1 Å². The largest absolute Gasteiger partial charge is 0.391 e. The van der Waals surface area contributed by atoms with E-state index in [4.69, 9.17) is 0 Å². The quantitative estimate of drug-likeness (QED) is 0.735. The van der Waals surface area contributed by atoms with E-state index in [1.807, 2.05) is 21.6 Å². The molecule has 2 aliphatic rings. The monoisotopic (exact) mass is 378 g/mol. The molecule has 2 fully saturated rings. The molecular weight excluding hydrogens is 352 g/mol. The average molecular weight is 378 g/mol. The molecule has 28 heavy (non-hydrogen) atoms. The number of likely N-dealkylation sites (tertiary alicyclic amines) is 1. The Balaban J connectivity index is 1.20. The topological polar surface area (TPSA) is 72.0 Å². The maximum atomic E-state index is 10.6. The number of fused-ring (bicyclic) bond motifs is 1. The van der Waals surface area contributed by atoms with Crippen LogP contribution < -0.4 is 0 Å². The lowest BCUT2D eigenvalue weighted by atomic mass is 9.77. The van der Waals surface area contributed by atoms with Crippen LogP contribution in [0.15, 0.2) is 55.4 Å². The third kappa shape index (κ3) is 3.59. The van der Waals surface area contributed by atoms with Crippen molar-refractivity contribution in [3.8, 4) is 0 Å². The summed E-state index contributed by atoms with van der Waals surface area (Å²) in [4.78, 5) is 6.55. The number of nitrogens with zero attached hydrogens (tertiary/aromatic N) is 6. The van der Waals surface area contributed by atoms with Gasteiger partial charge in [-0.1, -0.05) is 30.3 Å². The Morgan fingerprint density at radius 1 is 0.964 bits per heavy atom. The molecule has 0 unspecified atom stereocenters. The number of rotatable bonds is 5. The van der Waals surface area contributed by atoms with E-state index in [0.717, 1.165) is 39.0 Å². The maximum Gasteiger partial charge on any atom is 0.137 e. The summed E-state index contributed by atoms with van der Waals surface area (Å²) >= 11 is 0. The minimum Gasteiger partial charge on any atom is -0.391 e. The van der Waals surface area contributed by atoms with Crippen molar-refractivity contribution in [1.29, 1.82) is 0 Å². The normalized spacial score (nSPS) is 27.8. The lowest BCUT2D eigenvalue weighted by Crippen LogP contribution is -2.36. The molecule has 3 aromatic rings. The molecule has 146 valence electrons. The van der Waals surface area contributed by atoms with Crippen molar-refractivity contribution in [1.82, 2.24) is 29.4 Å². The molecule has 7 nitrogen and oxygen atoms in total. The number of hydrogen-bond donors (Lipinski definition) is 1.